The van der Waals surface area contributed by atoms with Crippen LogP contribution in [-0.2, 0) is 22.6 Å². The van der Waals surface area contributed by atoms with Crippen LogP contribution < -0.4 is 5.32 Å². The number of nitrogens with one attached hydrogen (secondary N) is 2. The minimum Gasteiger partial charge on any atom is -0.444 e. The molecule has 1 fully saturated rings. The van der Waals surface area contributed by atoms with Crippen LogP contribution in [0.5, 0.6) is 0 Å². The van der Waals surface area contributed by atoms with Crippen molar-refractivity contribution in [2.75, 3.05) is 0 Å². The van der Waals surface area contributed by atoms with Crippen LogP contribution in [0.1, 0.15) is 50.1 Å². The van der Waals surface area contributed by atoms with Crippen LogP contribution in [0.15, 0.2) is 24.4 Å². The summed E-state index contributed by atoms with van der Waals surface area (Å²) in [4.78, 5) is 12.5. The zero-order valence-electron chi connectivity index (χ0n) is 19.3. The molecule has 1 aromatic carbocycles. The maximum Gasteiger partial charge on any atom is 0.415 e. The number of aromatic amines is 1. The summed E-state index contributed by atoms with van der Waals surface area (Å²) in [6.45, 7) is 5.55. The van der Waals surface area contributed by atoms with Gasteiger partial charge in [0, 0.05) is 11.8 Å². The highest BCUT2D eigenvalue weighted by Crippen LogP contribution is 2.42. The molecule has 2 aliphatic rings. The van der Waals surface area contributed by atoms with Crippen molar-refractivity contribution >= 4 is 12.3 Å². The first-order valence-corrected chi connectivity index (χ1v) is 11.1. The molecule has 7 nitrogen and oxygen atoms in total. The largest absolute Gasteiger partial charge is 0.444 e. The molecule has 1 saturated heterocycles. The van der Waals surface area contributed by atoms with Gasteiger partial charge in [0.2, 0.25) is 0 Å². The number of alkyl halides is 3. The van der Waals surface area contributed by atoms with Gasteiger partial charge in [0.05, 0.1) is 17.5 Å². The van der Waals surface area contributed by atoms with Gasteiger partial charge in [-0.1, -0.05) is 0 Å². The minimum absolute atomic E-state index is 0.246. The second kappa shape index (κ2) is 9.21. The molecular formula is C23H26F5N4O3+. The Kier molecular flexibility index (Phi) is 6.60. The number of fused-ring (bicyclic) bond motifs is 1. The lowest BCUT2D eigenvalue weighted by molar-refractivity contribution is -0.547. The van der Waals surface area contributed by atoms with Crippen molar-refractivity contribution in [2.24, 2.45) is 5.92 Å². The Labute approximate surface area is 198 Å². The van der Waals surface area contributed by atoms with E-state index in [1.807, 2.05) is 0 Å². The molecule has 3 heterocycles. The molecule has 0 aliphatic carbocycles. The van der Waals surface area contributed by atoms with Gasteiger partial charge in [-0.3, -0.25) is 5.10 Å². The molecule has 1 aromatic heterocycles. The Bertz CT molecular complexity index is 1100. The molecular weight excluding hydrogens is 475 g/mol. The molecule has 2 aliphatic heterocycles. The number of hydrogen-bond donors (Lipinski definition) is 2. The number of amides is 1. The maximum absolute atomic E-state index is 14.6. The molecule has 1 unspecified atom stereocenters. The topological polar surface area (TPSA) is 79.2 Å². The molecule has 2 N–H and O–H groups in total. The van der Waals surface area contributed by atoms with E-state index in [2.05, 4.69) is 15.5 Å². The van der Waals surface area contributed by atoms with Crippen LogP contribution in [-0.4, -0.2) is 51.0 Å². The number of benzene rings is 1. The fourth-order valence-electron chi connectivity index (χ4n) is 4.43. The monoisotopic (exact) mass is 501 g/mol. The Balaban J connectivity index is 1.67. The second-order valence-corrected chi connectivity index (χ2v) is 9.75. The Hall–Kier alpha value is -3.02. The fourth-order valence-corrected chi connectivity index (χ4v) is 4.43. The van der Waals surface area contributed by atoms with Crippen LogP contribution in [0.25, 0.3) is 0 Å². The zero-order chi connectivity index (χ0) is 25.5. The lowest BCUT2D eigenvalue weighted by atomic mass is 9.85. The fraction of sp³-hybridized carbons (Fsp3) is 0.522. The van der Waals surface area contributed by atoms with Crippen molar-refractivity contribution < 1.29 is 40.8 Å². The second-order valence-electron chi connectivity index (χ2n) is 9.75. The summed E-state index contributed by atoms with van der Waals surface area (Å²) in [5.41, 5.74) is 0.295. The normalized spacial score (nSPS) is 26.0. The van der Waals surface area contributed by atoms with Crippen molar-refractivity contribution in [1.82, 2.24) is 15.5 Å². The SMILES string of the molecule is CC(C)(C)OC(=O)N[C@H]1CC(/C=[N+]2/Cc3c[nH]nc3C2)[C@H](C(F)(F)F)O[C@@H]1c1cc(F)ccc1F. The van der Waals surface area contributed by atoms with Gasteiger partial charge >= 0.3 is 12.3 Å². The summed E-state index contributed by atoms with van der Waals surface area (Å²) in [6.07, 6.45) is -6.75. The highest BCUT2D eigenvalue weighted by Gasteiger charge is 2.53. The van der Waals surface area contributed by atoms with E-state index in [0.717, 1.165) is 29.5 Å². The highest BCUT2D eigenvalue weighted by molar-refractivity contribution is 5.68. The van der Waals surface area contributed by atoms with Gasteiger partial charge in [-0.15, -0.1) is 0 Å². The number of alkyl carbamates (subject to hydrolysis) is 1. The van der Waals surface area contributed by atoms with Gasteiger partial charge < -0.3 is 14.8 Å². The van der Waals surface area contributed by atoms with Crippen LogP contribution in [0, 0.1) is 17.6 Å². The van der Waals surface area contributed by atoms with Crippen molar-refractivity contribution in [3.8, 4) is 0 Å². The Morgan fingerprint density at radius 3 is 2.66 bits per heavy atom. The third-order valence-corrected chi connectivity index (χ3v) is 5.80. The van der Waals surface area contributed by atoms with E-state index in [-0.39, 0.29) is 6.42 Å². The van der Waals surface area contributed by atoms with E-state index < -0.39 is 59.2 Å². The van der Waals surface area contributed by atoms with E-state index in [0.29, 0.717) is 13.1 Å². The van der Waals surface area contributed by atoms with E-state index in [1.54, 1.807) is 31.5 Å². The summed E-state index contributed by atoms with van der Waals surface area (Å²) in [5.74, 6) is -3.00. The standard InChI is InChI=1S/C23H25F5N4O3/c1-22(2,3)35-21(33)30-17-6-12(9-32-10-13-8-29-31-18(13)11-32)20(23(26,27)28)34-19(17)15-7-14(24)4-5-16(15)25/h4-5,7-9,12,17,19-20H,6,10-11H2,1-3H3,(H-,29,30,31,33)/p+1/b32-9-/t12?,17-,19+,20+/m0/s1. The summed E-state index contributed by atoms with van der Waals surface area (Å²) < 4.78 is 83.1. The van der Waals surface area contributed by atoms with Gasteiger partial charge in [0.25, 0.3) is 0 Å². The van der Waals surface area contributed by atoms with Gasteiger partial charge in [0.15, 0.2) is 19.2 Å². The first kappa shape index (κ1) is 25.1. The van der Waals surface area contributed by atoms with Gasteiger partial charge in [-0.2, -0.15) is 18.3 Å². The van der Waals surface area contributed by atoms with Gasteiger partial charge in [-0.25, -0.2) is 18.2 Å². The number of H-pyrrole nitrogens is 1. The summed E-state index contributed by atoms with van der Waals surface area (Å²) in [5, 5.41) is 9.30. The van der Waals surface area contributed by atoms with E-state index in [4.69, 9.17) is 9.47 Å². The number of ether oxygens (including phenoxy) is 2. The first-order valence-electron chi connectivity index (χ1n) is 11.1. The number of carbonyl (C=O) groups is 1. The van der Waals surface area contributed by atoms with Crippen molar-refractivity contribution in [1.29, 1.82) is 0 Å². The van der Waals surface area contributed by atoms with Crippen molar-refractivity contribution in [3.63, 3.8) is 0 Å². The van der Waals surface area contributed by atoms with Gasteiger partial charge in [0.1, 0.15) is 35.2 Å². The summed E-state index contributed by atoms with van der Waals surface area (Å²) in [7, 11) is 0. The van der Waals surface area contributed by atoms with Crippen LogP contribution in [0.3, 0.4) is 0 Å². The number of hydrogen-bond acceptors (Lipinski definition) is 4. The highest BCUT2D eigenvalue weighted by atomic mass is 19.4. The molecule has 4 rings (SSSR count). The number of nitrogens with zero attached hydrogens (tertiary/aromatic N) is 2. The smallest absolute Gasteiger partial charge is 0.415 e. The van der Waals surface area contributed by atoms with Crippen LogP contribution >= 0.6 is 0 Å². The lowest BCUT2D eigenvalue weighted by Gasteiger charge is -2.41. The van der Waals surface area contributed by atoms with Crippen LogP contribution in [0.4, 0.5) is 26.7 Å². The van der Waals surface area contributed by atoms with Crippen molar-refractivity contribution in [2.45, 2.75) is 70.3 Å². The van der Waals surface area contributed by atoms with Crippen molar-refractivity contribution in [3.05, 3.63) is 52.9 Å². The molecule has 1 amide bonds. The average Bonchev–Trinajstić information content (AvgIpc) is 3.29. The molecule has 4 atom stereocenters. The predicted octanol–water partition coefficient (Wildman–Crippen LogP) is 4.39. The minimum atomic E-state index is -4.80. The number of halogens is 5. The molecule has 12 heteroatoms. The van der Waals surface area contributed by atoms with E-state index >= 15 is 0 Å². The van der Waals surface area contributed by atoms with E-state index in [9.17, 15) is 26.7 Å². The molecule has 0 radical (unpaired) electrons. The lowest BCUT2D eigenvalue weighted by Crippen LogP contribution is -2.54. The van der Waals surface area contributed by atoms with Crippen LogP contribution in [0.2, 0.25) is 0 Å². The number of aromatic nitrogens is 2. The Morgan fingerprint density at radius 2 is 2.00 bits per heavy atom. The molecule has 0 bridgehead atoms. The molecule has 0 saturated carbocycles. The van der Waals surface area contributed by atoms with E-state index in [1.165, 1.54) is 6.21 Å². The van der Waals surface area contributed by atoms with Gasteiger partial charge in [-0.05, 0) is 45.4 Å². The molecule has 35 heavy (non-hydrogen) atoms. The summed E-state index contributed by atoms with van der Waals surface area (Å²) >= 11 is 0. The Morgan fingerprint density at radius 1 is 1.26 bits per heavy atom. The quantitative estimate of drug-likeness (QED) is 0.483. The molecule has 2 aromatic rings. The zero-order valence-corrected chi connectivity index (χ0v) is 19.3. The third-order valence-electron chi connectivity index (χ3n) is 5.80. The first-order chi connectivity index (χ1) is 16.3. The third kappa shape index (κ3) is 5.80. The molecule has 190 valence electrons. The summed E-state index contributed by atoms with van der Waals surface area (Å²) in [6, 6.07) is 1.32. The predicted molar refractivity (Wildman–Crippen MR) is 114 cm³/mol. The molecule has 0 spiro atoms. The number of rotatable bonds is 3. The maximum atomic E-state index is 14.6. The number of carbonyl (C=O) groups excluding carboxylic acids is 1. The average molecular weight is 501 g/mol.